The molecule has 0 aliphatic rings. The zero-order chi connectivity index (χ0) is 8.69. The first kappa shape index (κ1) is 10.6. The van der Waals surface area contributed by atoms with Gasteiger partial charge in [0.15, 0.2) is 5.78 Å². The molecule has 0 rings (SSSR count). The van der Waals surface area contributed by atoms with Gasteiger partial charge in [-0.1, -0.05) is 13.8 Å². The van der Waals surface area contributed by atoms with E-state index in [-0.39, 0.29) is 5.78 Å². The van der Waals surface area contributed by atoms with Crippen LogP contribution < -0.4 is 0 Å². The Labute approximate surface area is 73.0 Å². The first-order valence-electron chi connectivity index (χ1n) is 3.71. The van der Waals surface area contributed by atoms with Gasteiger partial charge in [0.2, 0.25) is 0 Å². The van der Waals surface area contributed by atoms with E-state index in [2.05, 4.69) is 12.6 Å². The monoisotopic (exact) mass is 174 g/mol. The highest BCUT2D eigenvalue weighted by Crippen LogP contribution is 2.04. The number of carbonyl (C=O) groups is 1. The van der Waals surface area contributed by atoms with Crippen LogP contribution in [0.25, 0.3) is 0 Å². The second-order valence-electron chi connectivity index (χ2n) is 2.06. The zero-order valence-corrected chi connectivity index (χ0v) is 7.86. The second kappa shape index (κ2) is 6.28. The van der Waals surface area contributed by atoms with Crippen LogP contribution in [0.2, 0.25) is 0 Å². The lowest BCUT2D eigenvalue weighted by atomic mass is 10.2. The molecular weight excluding hydrogens is 160 g/mol. The van der Waals surface area contributed by atoms with Crippen molar-refractivity contribution in [2.75, 3.05) is 5.94 Å². The van der Waals surface area contributed by atoms with Crippen molar-refractivity contribution in [2.45, 2.75) is 26.7 Å². The minimum absolute atomic E-state index is 0.101. The summed E-state index contributed by atoms with van der Waals surface area (Å²) in [4.78, 5) is 10.9. The molecule has 0 aromatic heterocycles. The van der Waals surface area contributed by atoms with Crippen molar-refractivity contribution in [1.29, 1.82) is 0 Å². The summed E-state index contributed by atoms with van der Waals surface area (Å²) in [5, 5.41) is 0. The molecule has 0 aromatic rings. The summed E-state index contributed by atoms with van der Waals surface area (Å²) >= 11 is 3.89. The highest BCUT2D eigenvalue weighted by Gasteiger charge is 1.97. The van der Waals surface area contributed by atoms with Crippen molar-refractivity contribution in [3.05, 3.63) is 11.8 Å². The van der Waals surface area contributed by atoms with Gasteiger partial charge in [0.1, 0.15) is 11.7 Å². The van der Waals surface area contributed by atoms with Gasteiger partial charge in [0.05, 0.1) is 0 Å². The van der Waals surface area contributed by atoms with E-state index in [0.29, 0.717) is 18.1 Å². The molecule has 0 aliphatic carbocycles. The van der Waals surface area contributed by atoms with Crippen LogP contribution in [-0.2, 0) is 9.53 Å². The molecule has 0 unspecified atom stereocenters. The van der Waals surface area contributed by atoms with E-state index in [0.717, 1.165) is 6.42 Å². The van der Waals surface area contributed by atoms with Crippen LogP contribution in [0.4, 0.5) is 0 Å². The highest BCUT2D eigenvalue weighted by atomic mass is 32.1. The van der Waals surface area contributed by atoms with Gasteiger partial charge in [-0.3, -0.25) is 4.79 Å². The second-order valence-corrected chi connectivity index (χ2v) is 2.32. The third kappa shape index (κ3) is 4.90. The number of hydrogen-bond acceptors (Lipinski definition) is 3. The molecule has 0 amide bonds. The predicted octanol–water partition coefficient (Wildman–Crippen LogP) is 2.16. The van der Waals surface area contributed by atoms with Crippen LogP contribution >= 0.6 is 12.6 Å². The van der Waals surface area contributed by atoms with Crippen LogP contribution in [0.1, 0.15) is 26.7 Å². The summed E-state index contributed by atoms with van der Waals surface area (Å²) in [5.41, 5.74) is 0. The smallest absolute Gasteiger partial charge is 0.158 e. The lowest BCUT2D eigenvalue weighted by Gasteiger charge is -2.03. The minimum atomic E-state index is 0.101. The number of carbonyl (C=O) groups excluding carboxylic acids is 1. The number of allylic oxidation sites excluding steroid dienone is 2. The van der Waals surface area contributed by atoms with Crippen molar-refractivity contribution in [1.82, 2.24) is 0 Å². The molecule has 11 heavy (non-hydrogen) atoms. The third-order valence-electron chi connectivity index (χ3n) is 1.27. The standard InChI is InChI=1S/C8H14O2S/c1-3-7(9)5-8(4-2)10-6-11/h5,11H,3-4,6H2,1-2H3/b8-5-. The SMILES string of the molecule is CCC(=O)/C=C(/CC)OCS. The fourth-order valence-corrected chi connectivity index (χ4v) is 0.776. The lowest BCUT2D eigenvalue weighted by Crippen LogP contribution is -1.95. The van der Waals surface area contributed by atoms with Crippen LogP contribution in [0.5, 0.6) is 0 Å². The molecule has 0 aliphatic heterocycles. The molecule has 2 nitrogen and oxygen atoms in total. The Balaban J connectivity index is 3.99. The number of thiol groups is 1. The molecule has 0 heterocycles. The molecule has 64 valence electrons. The average molecular weight is 174 g/mol. The Bertz CT molecular complexity index is 152. The van der Waals surface area contributed by atoms with Crippen molar-refractivity contribution in [3.63, 3.8) is 0 Å². The maximum atomic E-state index is 10.9. The molecule has 0 fully saturated rings. The Morgan fingerprint density at radius 2 is 2.09 bits per heavy atom. The average Bonchev–Trinajstić information content (AvgIpc) is 2.03. The molecular formula is C8H14O2S. The van der Waals surface area contributed by atoms with E-state index in [1.165, 1.54) is 6.08 Å². The van der Waals surface area contributed by atoms with Crippen LogP contribution in [-0.4, -0.2) is 11.7 Å². The van der Waals surface area contributed by atoms with E-state index >= 15 is 0 Å². The predicted molar refractivity (Wildman–Crippen MR) is 48.6 cm³/mol. The normalized spacial score (nSPS) is 11.4. The van der Waals surface area contributed by atoms with E-state index < -0.39 is 0 Å². The quantitative estimate of drug-likeness (QED) is 0.299. The summed E-state index contributed by atoms with van der Waals surface area (Å²) in [6.07, 6.45) is 2.81. The zero-order valence-electron chi connectivity index (χ0n) is 6.96. The molecule has 0 bridgehead atoms. The van der Waals surface area contributed by atoms with Gasteiger partial charge < -0.3 is 4.74 Å². The van der Waals surface area contributed by atoms with E-state index in [1.807, 2.05) is 13.8 Å². The molecule has 0 radical (unpaired) electrons. The fourth-order valence-electron chi connectivity index (χ4n) is 0.610. The topological polar surface area (TPSA) is 26.3 Å². The summed E-state index contributed by atoms with van der Waals surface area (Å²) in [6.45, 7) is 3.77. The number of rotatable bonds is 5. The van der Waals surface area contributed by atoms with E-state index in [9.17, 15) is 4.79 Å². The summed E-state index contributed by atoms with van der Waals surface area (Å²) < 4.78 is 5.07. The molecule has 3 heteroatoms. The highest BCUT2D eigenvalue weighted by molar-refractivity contribution is 7.80. The maximum absolute atomic E-state index is 10.9. The molecule has 0 saturated heterocycles. The minimum Gasteiger partial charge on any atom is -0.487 e. The van der Waals surface area contributed by atoms with Crippen LogP contribution in [0.15, 0.2) is 11.8 Å². The van der Waals surface area contributed by atoms with Crippen molar-refractivity contribution >= 4 is 18.4 Å². The summed E-state index contributed by atoms with van der Waals surface area (Å²) in [7, 11) is 0. The van der Waals surface area contributed by atoms with Crippen molar-refractivity contribution in [2.24, 2.45) is 0 Å². The molecule has 0 N–H and O–H groups in total. The van der Waals surface area contributed by atoms with Gasteiger partial charge in [0.25, 0.3) is 0 Å². The van der Waals surface area contributed by atoms with Gasteiger partial charge in [-0.05, 0) is 0 Å². The van der Waals surface area contributed by atoms with Gasteiger partial charge >= 0.3 is 0 Å². The molecule has 0 saturated carbocycles. The summed E-state index contributed by atoms with van der Waals surface area (Å²) in [6, 6.07) is 0. The van der Waals surface area contributed by atoms with Crippen molar-refractivity contribution < 1.29 is 9.53 Å². The van der Waals surface area contributed by atoms with Gasteiger partial charge in [-0.25, -0.2) is 0 Å². The number of ketones is 1. The molecule has 0 spiro atoms. The third-order valence-corrected chi connectivity index (χ3v) is 1.40. The van der Waals surface area contributed by atoms with Gasteiger partial charge in [-0.15, -0.1) is 12.6 Å². The first-order valence-corrected chi connectivity index (χ1v) is 4.34. The van der Waals surface area contributed by atoms with Gasteiger partial charge in [0, 0.05) is 18.9 Å². The molecule has 0 aromatic carbocycles. The Morgan fingerprint density at radius 1 is 1.45 bits per heavy atom. The number of hydrogen-bond donors (Lipinski definition) is 1. The van der Waals surface area contributed by atoms with Crippen LogP contribution in [0.3, 0.4) is 0 Å². The summed E-state index contributed by atoms with van der Waals surface area (Å²) in [5.74, 6) is 1.15. The Hall–Kier alpha value is -0.440. The molecule has 0 atom stereocenters. The van der Waals surface area contributed by atoms with Crippen LogP contribution in [0, 0.1) is 0 Å². The van der Waals surface area contributed by atoms with Crippen molar-refractivity contribution in [3.8, 4) is 0 Å². The van der Waals surface area contributed by atoms with E-state index in [1.54, 1.807) is 0 Å². The van der Waals surface area contributed by atoms with E-state index in [4.69, 9.17) is 4.74 Å². The largest absolute Gasteiger partial charge is 0.487 e. The number of ether oxygens (including phenoxy) is 1. The Kier molecular flexibility index (Phi) is 6.03. The Morgan fingerprint density at radius 3 is 2.45 bits per heavy atom. The maximum Gasteiger partial charge on any atom is 0.158 e. The lowest BCUT2D eigenvalue weighted by molar-refractivity contribution is -0.114. The first-order chi connectivity index (χ1) is 5.24. The fraction of sp³-hybridized carbons (Fsp3) is 0.625. The van der Waals surface area contributed by atoms with Gasteiger partial charge in [-0.2, -0.15) is 0 Å².